The minimum absolute atomic E-state index is 0.0173. The molecule has 316 valence electrons. The summed E-state index contributed by atoms with van der Waals surface area (Å²) in [5, 5.41) is 23.4. The zero-order valence-electron chi connectivity index (χ0n) is 36.6. The number of aromatic hydroxyl groups is 2. The molecule has 0 aromatic heterocycles. The summed E-state index contributed by atoms with van der Waals surface area (Å²) in [5.41, 5.74) is 5.89. The Balaban J connectivity index is 1.05. The molecule has 4 heterocycles. The van der Waals surface area contributed by atoms with Gasteiger partial charge in [-0.05, 0) is 109 Å². The Morgan fingerprint density at radius 3 is 1.41 bits per heavy atom. The van der Waals surface area contributed by atoms with Gasteiger partial charge in [-0.2, -0.15) is 0 Å². The van der Waals surface area contributed by atoms with Crippen LogP contribution in [0, 0.1) is 0 Å². The van der Waals surface area contributed by atoms with Crippen LogP contribution in [0.1, 0.15) is 139 Å². The largest absolute Gasteiger partial charge is 0.507 e. The number of phenols is 2. The van der Waals surface area contributed by atoms with Gasteiger partial charge in [0, 0.05) is 89.0 Å². The highest BCUT2D eigenvalue weighted by Gasteiger charge is 2.28. The first-order chi connectivity index (χ1) is 27.8. The number of aliphatic imine (C=N–C) groups is 4. The fourth-order valence-corrected chi connectivity index (χ4v) is 9.43. The fraction of sp³-hybridized carbons (Fsp3) is 0.667. The number of rotatable bonds is 12. The van der Waals surface area contributed by atoms with Crippen molar-refractivity contribution in [2.24, 2.45) is 20.0 Å². The van der Waals surface area contributed by atoms with E-state index in [4.69, 9.17) is 20.0 Å². The van der Waals surface area contributed by atoms with Crippen molar-refractivity contribution in [1.82, 2.24) is 19.6 Å². The lowest BCUT2D eigenvalue weighted by Crippen LogP contribution is -2.52. The Hall–Kier alpha value is -4.08. The molecule has 0 radical (unpaired) electrons. The Kier molecular flexibility index (Phi) is 13.4. The minimum atomic E-state index is -0.0612. The predicted molar refractivity (Wildman–Crippen MR) is 241 cm³/mol. The van der Waals surface area contributed by atoms with Crippen molar-refractivity contribution < 1.29 is 10.2 Å². The lowest BCUT2D eigenvalue weighted by atomic mass is 9.84. The Bertz CT molecular complexity index is 1720. The van der Waals surface area contributed by atoms with Gasteiger partial charge < -0.3 is 29.8 Å². The maximum absolute atomic E-state index is 11.7. The molecule has 10 heteroatoms. The quantitative estimate of drug-likeness (QED) is 0.212. The number of fused-ring (bicyclic) bond motifs is 2. The van der Waals surface area contributed by atoms with Crippen LogP contribution in [0.15, 0.2) is 44.2 Å². The van der Waals surface area contributed by atoms with Crippen LogP contribution in [-0.4, -0.2) is 132 Å². The molecule has 2 atom stereocenters. The van der Waals surface area contributed by atoms with Gasteiger partial charge in [0.05, 0.1) is 12.1 Å². The van der Waals surface area contributed by atoms with Crippen LogP contribution in [0.4, 0.5) is 0 Å². The zero-order chi connectivity index (χ0) is 40.9. The maximum Gasteiger partial charge on any atom is 0.196 e. The number of phenolic OH excluding ortho intramolecular Hbond substituents is 2. The van der Waals surface area contributed by atoms with E-state index < -0.39 is 0 Å². The van der Waals surface area contributed by atoms with Gasteiger partial charge in [-0.15, -0.1) is 0 Å². The number of benzene rings is 2. The first-order valence-corrected chi connectivity index (χ1v) is 22.7. The second kappa shape index (κ2) is 18.5. The fourth-order valence-electron chi connectivity index (χ4n) is 9.43. The van der Waals surface area contributed by atoms with E-state index in [0.29, 0.717) is 11.5 Å². The van der Waals surface area contributed by atoms with Gasteiger partial charge in [-0.1, -0.05) is 66.5 Å². The molecule has 2 N–H and O–H groups in total. The van der Waals surface area contributed by atoms with Gasteiger partial charge >= 0.3 is 0 Å². The van der Waals surface area contributed by atoms with E-state index in [1.807, 2.05) is 12.4 Å². The van der Waals surface area contributed by atoms with Gasteiger partial charge in [0.2, 0.25) is 0 Å². The Morgan fingerprint density at radius 1 is 0.586 bits per heavy atom. The van der Waals surface area contributed by atoms with Crippen molar-refractivity contribution in [3.8, 4) is 11.5 Å². The topological polar surface area (TPSA) is 103 Å². The standard InChI is InChI=1S/C48H72N8O2/c1-47(2,3)39-29-35(15-9-21-53-25-13-27-55-23-11-19-49-45(53)55)43(57)37(31-39)33-51-41-17-7-8-18-42(41)52-34-38-32-40(48(4,5)6)30-36(44(38)58)16-10-22-54-26-14-28-56-24-12-20-50-46(54)56/h29-34,41-42,57-58H,7-28H2,1-6H3. The van der Waals surface area contributed by atoms with Crippen LogP contribution in [0.3, 0.4) is 0 Å². The molecule has 2 aromatic carbocycles. The molecule has 2 unspecified atom stereocenters. The van der Waals surface area contributed by atoms with Crippen molar-refractivity contribution in [3.63, 3.8) is 0 Å². The summed E-state index contributed by atoms with van der Waals surface area (Å²) >= 11 is 0. The highest BCUT2D eigenvalue weighted by atomic mass is 16.3. The lowest BCUT2D eigenvalue weighted by molar-refractivity contribution is 0.242. The zero-order valence-corrected chi connectivity index (χ0v) is 36.6. The number of nitrogens with zero attached hydrogens (tertiary/aromatic N) is 8. The van der Waals surface area contributed by atoms with E-state index >= 15 is 0 Å². The average molecular weight is 793 g/mol. The van der Waals surface area contributed by atoms with Crippen molar-refractivity contribution in [3.05, 3.63) is 57.6 Å². The normalized spacial score (nSPS) is 22.0. The van der Waals surface area contributed by atoms with Crippen LogP contribution in [-0.2, 0) is 23.7 Å². The number of guanidine groups is 2. The minimum Gasteiger partial charge on any atom is -0.507 e. The summed E-state index contributed by atoms with van der Waals surface area (Å²) in [6.45, 7) is 23.8. The van der Waals surface area contributed by atoms with Crippen LogP contribution >= 0.6 is 0 Å². The first-order valence-electron chi connectivity index (χ1n) is 22.7. The molecular formula is C48H72N8O2. The van der Waals surface area contributed by atoms with E-state index in [1.165, 1.54) is 35.9 Å². The van der Waals surface area contributed by atoms with Gasteiger partial charge in [0.25, 0.3) is 0 Å². The molecule has 0 spiro atoms. The molecule has 1 aliphatic carbocycles. The molecule has 2 saturated heterocycles. The van der Waals surface area contributed by atoms with E-state index in [0.717, 1.165) is 152 Å². The number of hydrogen-bond donors (Lipinski definition) is 2. The summed E-state index contributed by atoms with van der Waals surface area (Å²) in [6, 6.07) is 8.71. The Morgan fingerprint density at radius 2 is 1.00 bits per heavy atom. The third-order valence-electron chi connectivity index (χ3n) is 12.9. The van der Waals surface area contributed by atoms with E-state index in [1.54, 1.807) is 0 Å². The molecule has 7 rings (SSSR count). The van der Waals surface area contributed by atoms with Crippen molar-refractivity contribution in [1.29, 1.82) is 0 Å². The summed E-state index contributed by atoms with van der Waals surface area (Å²) in [4.78, 5) is 29.9. The summed E-state index contributed by atoms with van der Waals surface area (Å²) in [7, 11) is 0. The van der Waals surface area contributed by atoms with Crippen LogP contribution < -0.4 is 0 Å². The molecule has 58 heavy (non-hydrogen) atoms. The third kappa shape index (κ3) is 10.2. The number of hydrogen-bond acceptors (Lipinski definition) is 10. The van der Waals surface area contributed by atoms with Crippen molar-refractivity contribution in [2.75, 3.05) is 65.4 Å². The molecule has 3 fully saturated rings. The molecule has 5 aliphatic rings. The van der Waals surface area contributed by atoms with Crippen molar-refractivity contribution >= 4 is 24.3 Å². The van der Waals surface area contributed by atoms with Crippen LogP contribution in [0.5, 0.6) is 11.5 Å². The summed E-state index contributed by atoms with van der Waals surface area (Å²) < 4.78 is 0. The third-order valence-corrected chi connectivity index (χ3v) is 12.9. The average Bonchev–Trinajstić information content (AvgIpc) is 3.20. The highest BCUT2D eigenvalue weighted by molar-refractivity contribution is 5.86. The molecule has 10 nitrogen and oxygen atoms in total. The smallest absolute Gasteiger partial charge is 0.196 e. The van der Waals surface area contributed by atoms with E-state index in [9.17, 15) is 10.2 Å². The molecule has 2 aromatic rings. The second-order valence-corrected chi connectivity index (χ2v) is 19.6. The lowest BCUT2D eigenvalue weighted by Gasteiger charge is -2.41. The van der Waals surface area contributed by atoms with Crippen LogP contribution in [0.2, 0.25) is 0 Å². The van der Waals surface area contributed by atoms with Gasteiger partial charge in [-0.25, -0.2) is 0 Å². The van der Waals surface area contributed by atoms with Gasteiger partial charge in [-0.3, -0.25) is 20.0 Å². The predicted octanol–water partition coefficient (Wildman–Crippen LogP) is 7.94. The van der Waals surface area contributed by atoms with E-state index in [2.05, 4.69) is 85.4 Å². The van der Waals surface area contributed by atoms with Crippen LogP contribution in [0.25, 0.3) is 0 Å². The SMILES string of the molecule is CC(C)(C)c1cc(C=NC2CCCCC2N=Cc2cc(C(C)(C)C)cc(CCCN3CCCN4CCCN=C43)c2O)c(O)c(CCCN2CCCN3CCCN=C32)c1. The van der Waals surface area contributed by atoms with Gasteiger partial charge in [0.1, 0.15) is 11.5 Å². The summed E-state index contributed by atoms with van der Waals surface area (Å²) in [6.07, 6.45) is 16.2. The molecule has 4 aliphatic heterocycles. The monoisotopic (exact) mass is 793 g/mol. The van der Waals surface area contributed by atoms with Gasteiger partial charge in [0.15, 0.2) is 11.9 Å². The highest BCUT2D eigenvalue weighted by Crippen LogP contribution is 2.34. The van der Waals surface area contributed by atoms with E-state index in [-0.39, 0.29) is 22.9 Å². The first kappa shape index (κ1) is 42.1. The second-order valence-electron chi connectivity index (χ2n) is 19.6. The molecule has 1 saturated carbocycles. The van der Waals surface area contributed by atoms with Crippen molar-refractivity contribution in [2.45, 2.75) is 142 Å². The molecule has 0 amide bonds. The maximum atomic E-state index is 11.7. The Labute approximate surface area is 349 Å². The summed E-state index contributed by atoms with van der Waals surface area (Å²) in [5.74, 6) is 3.05. The number of aryl methyl sites for hydroxylation is 2. The molecular weight excluding hydrogens is 721 g/mol. The molecule has 0 bridgehead atoms.